The van der Waals surface area contributed by atoms with Gasteiger partial charge in [0.1, 0.15) is 0 Å². The number of amides is 2. The molecular weight excluding hydrogens is 310 g/mol. The second-order valence-corrected chi connectivity index (χ2v) is 5.85. The number of halogens is 2. The first-order chi connectivity index (χ1) is 10.5. The number of anilines is 1. The first kappa shape index (κ1) is 16.4. The summed E-state index contributed by atoms with van der Waals surface area (Å²) in [7, 11) is 0. The number of hydrogen-bond donors (Lipinski definition) is 3. The number of benzene rings is 1. The predicted molar refractivity (Wildman–Crippen MR) is 81.9 cm³/mol. The van der Waals surface area contributed by atoms with Crippen LogP contribution >= 0.6 is 11.3 Å². The Morgan fingerprint density at radius 1 is 1.32 bits per heavy atom. The number of carbonyl (C=O) groups is 1. The van der Waals surface area contributed by atoms with Crippen LogP contribution in [0.25, 0.3) is 0 Å². The molecule has 2 rings (SSSR count). The van der Waals surface area contributed by atoms with Crippen LogP contribution in [0.1, 0.15) is 24.3 Å². The Morgan fingerprint density at radius 3 is 2.77 bits per heavy atom. The van der Waals surface area contributed by atoms with Crippen molar-refractivity contribution in [1.82, 2.24) is 5.32 Å². The summed E-state index contributed by atoms with van der Waals surface area (Å²) in [6.45, 7) is 1.72. The Morgan fingerprint density at radius 2 is 2.09 bits per heavy atom. The SMILES string of the molecule is C[C@@H](C[C@H](O)c1cccs1)NC(=O)Nc1cccc(F)c1F. The van der Waals surface area contributed by atoms with E-state index in [4.69, 9.17) is 0 Å². The molecule has 0 unspecified atom stereocenters. The van der Waals surface area contributed by atoms with Gasteiger partial charge in [-0.2, -0.15) is 0 Å². The molecule has 0 aliphatic carbocycles. The smallest absolute Gasteiger partial charge is 0.319 e. The highest BCUT2D eigenvalue weighted by Crippen LogP contribution is 2.23. The van der Waals surface area contributed by atoms with Gasteiger partial charge >= 0.3 is 6.03 Å². The van der Waals surface area contributed by atoms with Crippen molar-refractivity contribution in [1.29, 1.82) is 0 Å². The molecule has 0 aliphatic rings. The molecule has 0 aliphatic heterocycles. The number of hydrogen-bond acceptors (Lipinski definition) is 3. The van der Waals surface area contributed by atoms with Gasteiger partial charge in [0.25, 0.3) is 0 Å². The molecule has 0 saturated heterocycles. The summed E-state index contributed by atoms with van der Waals surface area (Å²) in [5.74, 6) is -2.14. The van der Waals surface area contributed by atoms with E-state index < -0.39 is 23.8 Å². The van der Waals surface area contributed by atoms with Crippen molar-refractivity contribution in [3.63, 3.8) is 0 Å². The number of urea groups is 1. The quantitative estimate of drug-likeness (QED) is 0.785. The first-order valence-electron chi connectivity index (χ1n) is 6.70. The molecule has 2 amide bonds. The number of carbonyl (C=O) groups excluding carboxylic acids is 1. The lowest BCUT2D eigenvalue weighted by Gasteiger charge is -2.17. The zero-order valence-electron chi connectivity index (χ0n) is 11.8. The highest BCUT2D eigenvalue weighted by molar-refractivity contribution is 7.10. The fourth-order valence-electron chi connectivity index (χ4n) is 1.97. The fraction of sp³-hybridized carbons (Fsp3) is 0.267. The Kier molecular flexibility index (Phi) is 5.46. The molecule has 118 valence electrons. The van der Waals surface area contributed by atoms with Gasteiger partial charge < -0.3 is 15.7 Å². The van der Waals surface area contributed by atoms with Crippen LogP contribution in [0.4, 0.5) is 19.3 Å². The molecule has 2 aromatic rings. The molecule has 0 saturated carbocycles. The van der Waals surface area contributed by atoms with E-state index in [1.54, 1.807) is 6.92 Å². The van der Waals surface area contributed by atoms with Crippen LogP contribution in [-0.4, -0.2) is 17.2 Å². The minimum atomic E-state index is -1.11. The highest BCUT2D eigenvalue weighted by Gasteiger charge is 2.16. The lowest BCUT2D eigenvalue weighted by molar-refractivity contribution is 0.158. The van der Waals surface area contributed by atoms with Crippen LogP contribution in [0.5, 0.6) is 0 Å². The van der Waals surface area contributed by atoms with E-state index in [0.717, 1.165) is 10.9 Å². The summed E-state index contributed by atoms with van der Waals surface area (Å²) in [6, 6.07) is 6.19. The third kappa shape index (κ3) is 4.25. The average molecular weight is 326 g/mol. The molecule has 1 heterocycles. The lowest BCUT2D eigenvalue weighted by atomic mass is 10.1. The van der Waals surface area contributed by atoms with E-state index in [1.165, 1.54) is 23.5 Å². The van der Waals surface area contributed by atoms with Gasteiger partial charge in [-0.3, -0.25) is 0 Å². The lowest BCUT2D eigenvalue weighted by Crippen LogP contribution is -2.37. The third-order valence-corrected chi connectivity index (χ3v) is 4.00. The summed E-state index contributed by atoms with van der Waals surface area (Å²) in [5.41, 5.74) is -0.233. The maximum Gasteiger partial charge on any atom is 0.319 e. The van der Waals surface area contributed by atoms with E-state index in [1.807, 2.05) is 17.5 Å². The van der Waals surface area contributed by atoms with Crippen LogP contribution in [0.15, 0.2) is 35.7 Å². The van der Waals surface area contributed by atoms with Crippen LogP contribution in [0.3, 0.4) is 0 Å². The van der Waals surface area contributed by atoms with E-state index in [2.05, 4.69) is 10.6 Å². The van der Waals surface area contributed by atoms with Crippen molar-refractivity contribution >= 4 is 23.1 Å². The number of nitrogens with one attached hydrogen (secondary N) is 2. The summed E-state index contributed by atoms with van der Waals surface area (Å²) in [6.07, 6.45) is -0.360. The van der Waals surface area contributed by atoms with E-state index in [0.29, 0.717) is 6.42 Å². The van der Waals surface area contributed by atoms with Gasteiger partial charge in [0.15, 0.2) is 11.6 Å². The minimum Gasteiger partial charge on any atom is -0.387 e. The van der Waals surface area contributed by atoms with Crippen molar-refractivity contribution in [3.05, 3.63) is 52.2 Å². The molecular formula is C15H16F2N2O2S. The molecule has 0 radical (unpaired) electrons. The largest absolute Gasteiger partial charge is 0.387 e. The fourth-order valence-corrected chi connectivity index (χ4v) is 2.70. The van der Waals surface area contributed by atoms with Crippen molar-refractivity contribution in [2.24, 2.45) is 0 Å². The number of aliphatic hydroxyl groups excluding tert-OH is 1. The van der Waals surface area contributed by atoms with Gasteiger partial charge in [-0.15, -0.1) is 11.3 Å². The standard InChI is InChI=1S/C15H16F2N2O2S/c1-9(8-12(20)13-6-3-7-22-13)18-15(21)19-11-5-2-4-10(16)14(11)17/h2-7,9,12,20H,8H2,1H3,(H2,18,19,21)/t9-,12-/m0/s1. The van der Waals surface area contributed by atoms with Gasteiger partial charge in [0, 0.05) is 10.9 Å². The topological polar surface area (TPSA) is 61.4 Å². The van der Waals surface area contributed by atoms with E-state index in [-0.39, 0.29) is 11.7 Å². The maximum absolute atomic E-state index is 13.4. The van der Waals surface area contributed by atoms with E-state index in [9.17, 15) is 18.7 Å². The molecule has 22 heavy (non-hydrogen) atoms. The number of rotatable bonds is 5. The second kappa shape index (κ2) is 7.33. The van der Waals surface area contributed by atoms with Gasteiger partial charge in [-0.25, -0.2) is 13.6 Å². The Balaban J connectivity index is 1.87. The molecule has 2 atom stereocenters. The number of aliphatic hydroxyl groups is 1. The van der Waals surface area contributed by atoms with Gasteiger partial charge in [0.05, 0.1) is 11.8 Å². The summed E-state index contributed by atoms with van der Waals surface area (Å²) < 4.78 is 26.5. The van der Waals surface area contributed by atoms with Crippen molar-refractivity contribution in [2.75, 3.05) is 5.32 Å². The van der Waals surface area contributed by atoms with E-state index >= 15 is 0 Å². The summed E-state index contributed by atoms with van der Waals surface area (Å²) >= 11 is 1.43. The third-order valence-electron chi connectivity index (χ3n) is 3.03. The normalized spacial score (nSPS) is 13.5. The van der Waals surface area contributed by atoms with Crippen molar-refractivity contribution in [2.45, 2.75) is 25.5 Å². The predicted octanol–water partition coefficient (Wildman–Crippen LogP) is 3.66. The minimum absolute atomic E-state index is 0.233. The Labute approximate surface area is 130 Å². The molecule has 1 aromatic carbocycles. The molecule has 0 spiro atoms. The zero-order chi connectivity index (χ0) is 16.1. The molecule has 0 fully saturated rings. The Bertz CT molecular complexity index is 634. The zero-order valence-corrected chi connectivity index (χ0v) is 12.7. The molecule has 4 nitrogen and oxygen atoms in total. The van der Waals surface area contributed by atoms with Crippen LogP contribution in [-0.2, 0) is 0 Å². The summed E-state index contributed by atoms with van der Waals surface area (Å²) in [5, 5.41) is 16.7. The van der Waals surface area contributed by atoms with Crippen LogP contribution in [0, 0.1) is 11.6 Å². The van der Waals surface area contributed by atoms with Crippen LogP contribution < -0.4 is 10.6 Å². The first-order valence-corrected chi connectivity index (χ1v) is 7.58. The molecule has 0 bridgehead atoms. The molecule has 7 heteroatoms. The second-order valence-electron chi connectivity index (χ2n) is 4.87. The van der Waals surface area contributed by atoms with Crippen LogP contribution in [0.2, 0.25) is 0 Å². The van der Waals surface area contributed by atoms with Gasteiger partial charge in [0.2, 0.25) is 0 Å². The highest BCUT2D eigenvalue weighted by atomic mass is 32.1. The van der Waals surface area contributed by atoms with Crippen molar-refractivity contribution < 1.29 is 18.7 Å². The molecule has 3 N–H and O–H groups in total. The van der Waals surface area contributed by atoms with Gasteiger partial charge in [-0.05, 0) is 36.9 Å². The Hall–Kier alpha value is -1.99. The average Bonchev–Trinajstić information content (AvgIpc) is 2.97. The summed E-state index contributed by atoms with van der Waals surface area (Å²) in [4.78, 5) is 12.6. The number of thiophene rings is 1. The maximum atomic E-state index is 13.4. The van der Waals surface area contributed by atoms with Crippen molar-refractivity contribution in [3.8, 4) is 0 Å². The monoisotopic (exact) mass is 326 g/mol. The molecule has 1 aromatic heterocycles. The van der Waals surface area contributed by atoms with Gasteiger partial charge in [-0.1, -0.05) is 12.1 Å².